The number of carbonyl (C=O) groups excluding carboxylic acids is 2. The van der Waals surface area contributed by atoms with Crippen LogP contribution in [0, 0.1) is 5.82 Å². The van der Waals surface area contributed by atoms with E-state index >= 15 is 0 Å². The van der Waals surface area contributed by atoms with Crippen molar-refractivity contribution in [2.75, 3.05) is 11.4 Å². The zero-order valence-corrected chi connectivity index (χ0v) is 15.3. The summed E-state index contributed by atoms with van der Waals surface area (Å²) in [5.74, 6) is -0.510. The van der Waals surface area contributed by atoms with Crippen LogP contribution < -0.4 is 15.5 Å². The lowest BCUT2D eigenvalue weighted by Gasteiger charge is -2.19. The summed E-state index contributed by atoms with van der Waals surface area (Å²) in [5, 5.41) is 5.76. The molecule has 27 heavy (non-hydrogen) atoms. The summed E-state index contributed by atoms with van der Waals surface area (Å²) in [6.45, 7) is 2.30. The molecule has 6 heteroatoms. The van der Waals surface area contributed by atoms with E-state index in [-0.39, 0.29) is 36.3 Å². The van der Waals surface area contributed by atoms with Crippen LogP contribution in [0.25, 0.3) is 0 Å². The third-order valence-electron chi connectivity index (χ3n) is 4.67. The molecule has 2 atom stereocenters. The highest BCUT2D eigenvalue weighted by Gasteiger charge is 2.31. The maximum Gasteiger partial charge on any atom is 0.315 e. The Morgan fingerprint density at radius 3 is 2.74 bits per heavy atom. The van der Waals surface area contributed by atoms with Crippen molar-refractivity contribution in [1.29, 1.82) is 0 Å². The van der Waals surface area contributed by atoms with Crippen LogP contribution in [0.4, 0.5) is 14.9 Å². The Kier molecular flexibility index (Phi) is 6.06. The van der Waals surface area contributed by atoms with E-state index in [4.69, 9.17) is 0 Å². The summed E-state index contributed by atoms with van der Waals surface area (Å²) in [6.07, 6.45) is 1.93. The van der Waals surface area contributed by atoms with Crippen LogP contribution in [-0.4, -0.2) is 30.6 Å². The first kappa shape index (κ1) is 18.9. The molecule has 1 fully saturated rings. The Morgan fingerprint density at radius 2 is 2.00 bits per heavy atom. The molecular weight excluding hydrogens is 345 g/mol. The van der Waals surface area contributed by atoms with Crippen molar-refractivity contribution in [2.24, 2.45) is 0 Å². The molecule has 2 N–H and O–H groups in total. The van der Waals surface area contributed by atoms with E-state index in [1.807, 2.05) is 25.1 Å². The Balaban J connectivity index is 1.46. The van der Waals surface area contributed by atoms with Gasteiger partial charge in [0.1, 0.15) is 5.82 Å². The van der Waals surface area contributed by atoms with Gasteiger partial charge in [-0.3, -0.25) is 4.79 Å². The first-order valence-corrected chi connectivity index (χ1v) is 9.18. The molecule has 142 valence electrons. The molecule has 0 unspecified atom stereocenters. The molecule has 1 aliphatic heterocycles. The van der Waals surface area contributed by atoms with E-state index in [0.29, 0.717) is 12.2 Å². The fourth-order valence-corrected chi connectivity index (χ4v) is 3.25. The number of hydrogen-bond donors (Lipinski definition) is 2. The van der Waals surface area contributed by atoms with Gasteiger partial charge < -0.3 is 15.5 Å². The molecule has 5 nitrogen and oxygen atoms in total. The predicted octanol–water partition coefficient (Wildman–Crippen LogP) is 3.25. The molecule has 0 aromatic heterocycles. The van der Waals surface area contributed by atoms with Crippen molar-refractivity contribution >= 4 is 17.6 Å². The van der Waals surface area contributed by atoms with Gasteiger partial charge in [-0.2, -0.15) is 0 Å². The average molecular weight is 369 g/mol. The molecular formula is C21H24FN3O2. The lowest BCUT2D eigenvalue weighted by Crippen LogP contribution is -2.46. The lowest BCUT2D eigenvalue weighted by molar-refractivity contribution is -0.117. The van der Waals surface area contributed by atoms with Crippen molar-refractivity contribution in [1.82, 2.24) is 10.6 Å². The van der Waals surface area contributed by atoms with E-state index < -0.39 is 0 Å². The molecule has 0 radical (unpaired) electrons. The van der Waals surface area contributed by atoms with E-state index in [1.165, 1.54) is 22.6 Å². The highest BCUT2D eigenvalue weighted by Crippen LogP contribution is 2.22. The van der Waals surface area contributed by atoms with Crippen LogP contribution in [0.15, 0.2) is 54.6 Å². The largest absolute Gasteiger partial charge is 0.336 e. The number of rotatable bonds is 6. The molecule has 3 amide bonds. The van der Waals surface area contributed by atoms with Gasteiger partial charge in [-0.25, -0.2) is 9.18 Å². The van der Waals surface area contributed by atoms with E-state index in [0.717, 1.165) is 12.8 Å². The maximum absolute atomic E-state index is 13.4. The summed E-state index contributed by atoms with van der Waals surface area (Å²) in [5.41, 5.74) is 1.75. The number of urea groups is 1. The lowest BCUT2D eigenvalue weighted by atomic mass is 10.1. The smallest absolute Gasteiger partial charge is 0.315 e. The normalized spacial score (nSPS) is 17.6. The van der Waals surface area contributed by atoms with E-state index in [1.54, 1.807) is 12.1 Å². The molecule has 1 saturated heterocycles. The van der Waals surface area contributed by atoms with Crippen LogP contribution in [0.1, 0.15) is 25.3 Å². The van der Waals surface area contributed by atoms with Crippen molar-refractivity contribution in [2.45, 2.75) is 38.3 Å². The molecule has 1 aliphatic rings. The monoisotopic (exact) mass is 369 g/mol. The Hall–Kier alpha value is -2.89. The summed E-state index contributed by atoms with van der Waals surface area (Å²) >= 11 is 0. The highest BCUT2D eigenvalue weighted by atomic mass is 19.1. The third-order valence-corrected chi connectivity index (χ3v) is 4.67. The predicted molar refractivity (Wildman–Crippen MR) is 103 cm³/mol. The number of amides is 3. The number of nitrogens with zero attached hydrogens (tertiary/aromatic N) is 1. The maximum atomic E-state index is 13.4. The number of halogens is 1. The van der Waals surface area contributed by atoms with Gasteiger partial charge in [0.05, 0.1) is 6.04 Å². The first-order chi connectivity index (χ1) is 13.0. The van der Waals surface area contributed by atoms with E-state index in [9.17, 15) is 14.0 Å². The molecule has 0 spiro atoms. The SMILES string of the molecule is C[C@H](CCc1ccccc1)NC(=O)N[C@@H]1CC(=O)N(c2cccc(F)c2)C1. The van der Waals surface area contributed by atoms with Crippen molar-refractivity contribution in [3.63, 3.8) is 0 Å². The van der Waals surface area contributed by atoms with Gasteiger partial charge in [0.15, 0.2) is 0 Å². The minimum absolute atomic E-state index is 0.0154. The number of benzene rings is 2. The summed E-state index contributed by atoms with van der Waals surface area (Å²) in [6, 6.07) is 15.5. The van der Waals surface area contributed by atoms with Crippen molar-refractivity contribution < 1.29 is 14.0 Å². The zero-order chi connectivity index (χ0) is 19.2. The first-order valence-electron chi connectivity index (χ1n) is 9.18. The van der Waals surface area contributed by atoms with Crippen LogP contribution in [0.2, 0.25) is 0 Å². The second kappa shape index (κ2) is 8.66. The van der Waals surface area contributed by atoms with Crippen molar-refractivity contribution in [3.8, 4) is 0 Å². The van der Waals surface area contributed by atoms with Gasteiger partial charge >= 0.3 is 6.03 Å². The van der Waals surface area contributed by atoms with Gasteiger partial charge in [-0.15, -0.1) is 0 Å². The Labute approximate surface area is 158 Å². The molecule has 2 aromatic carbocycles. The van der Waals surface area contributed by atoms with Gasteiger partial charge in [-0.1, -0.05) is 36.4 Å². The Bertz CT molecular complexity index is 797. The molecule has 0 bridgehead atoms. The third kappa shape index (κ3) is 5.29. The van der Waals surface area contributed by atoms with E-state index in [2.05, 4.69) is 22.8 Å². The molecule has 0 saturated carbocycles. The van der Waals surface area contributed by atoms with Gasteiger partial charge in [0.25, 0.3) is 0 Å². The van der Waals surface area contributed by atoms with Crippen LogP contribution in [0.3, 0.4) is 0 Å². The standard InChI is InChI=1S/C21H24FN3O2/c1-15(10-11-16-6-3-2-4-7-16)23-21(27)24-18-13-20(26)25(14-18)19-9-5-8-17(22)12-19/h2-9,12,15,18H,10-11,13-14H2,1H3,(H2,23,24,27)/t15-,18-/m1/s1. The molecule has 3 rings (SSSR count). The topological polar surface area (TPSA) is 61.4 Å². The summed E-state index contributed by atoms with van der Waals surface area (Å²) in [4.78, 5) is 25.9. The van der Waals surface area contributed by atoms with Gasteiger partial charge in [0.2, 0.25) is 5.91 Å². The van der Waals surface area contributed by atoms with Crippen LogP contribution in [0.5, 0.6) is 0 Å². The van der Waals surface area contributed by atoms with Gasteiger partial charge in [0, 0.05) is 24.7 Å². The number of hydrogen-bond acceptors (Lipinski definition) is 2. The fourth-order valence-electron chi connectivity index (χ4n) is 3.25. The Morgan fingerprint density at radius 1 is 1.22 bits per heavy atom. The second-order valence-electron chi connectivity index (χ2n) is 6.93. The second-order valence-corrected chi connectivity index (χ2v) is 6.93. The number of carbonyl (C=O) groups is 2. The quantitative estimate of drug-likeness (QED) is 0.821. The minimum atomic E-state index is -0.387. The van der Waals surface area contributed by atoms with Crippen LogP contribution >= 0.6 is 0 Å². The fraction of sp³-hybridized carbons (Fsp3) is 0.333. The molecule has 2 aromatic rings. The number of nitrogens with one attached hydrogen (secondary N) is 2. The number of aryl methyl sites for hydroxylation is 1. The summed E-state index contributed by atoms with van der Waals surface area (Å²) in [7, 11) is 0. The zero-order valence-electron chi connectivity index (χ0n) is 15.3. The van der Waals surface area contributed by atoms with Gasteiger partial charge in [-0.05, 0) is 43.5 Å². The minimum Gasteiger partial charge on any atom is -0.336 e. The van der Waals surface area contributed by atoms with Crippen molar-refractivity contribution in [3.05, 3.63) is 66.0 Å². The molecule has 1 heterocycles. The highest BCUT2D eigenvalue weighted by molar-refractivity contribution is 5.96. The summed E-state index contributed by atoms with van der Waals surface area (Å²) < 4.78 is 13.4. The number of anilines is 1. The van der Waals surface area contributed by atoms with Crippen LogP contribution in [-0.2, 0) is 11.2 Å². The molecule has 0 aliphatic carbocycles. The average Bonchev–Trinajstić information content (AvgIpc) is 3.01.